The van der Waals surface area contributed by atoms with Gasteiger partial charge in [-0.3, -0.25) is 0 Å². The molecule has 98 valence electrons. The quantitative estimate of drug-likeness (QED) is 0.333. The van der Waals surface area contributed by atoms with Crippen molar-refractivity contribution < 1.29 is 19.3 Å². The molecule has 0 aromatic heterocycles. The maximum Gasteiger partial charge on any atom is 0.488 e. The first-order valence-corrected chi connectivity index (χ1v) is 5.93. The minimum absolute atomic E-state index is 0.0798. The lowest BCUT2D eigenvalue weighted by Gasteiger charge is -2.42. The van der Waals surface area contributed by atoms with Crippen LogP contribution in [0.15, 0.2) is 28.4 Å². The van der Waals surface area contributed by atoms with Crippen molar-refractivity contribution in [2.75, 3.05) is 0 Å². The van der Waals surface area contributed by atoms with Crippen LogP contribution in [-0.2, 0) is 4.65 Å². The summed E-state index contributed by atoms with van der Waals surface area (Å²) in [6.07, 6.45) is 1.45. The molecule has 0 aromatic carbocycles. The van der Waals surface area contributed by atoms with Gasteiger partial charge in [-0.15, -0.1) is 0 Å². The molecule has 1 aliphatic carbocycles. The summed E-state index contributed by atoms with van der Waals surface area (Å²) in [5, 5.41) is 21.0. The Morgan fingerprint density at radius 2 is 2.11 bits per heavy atom. The van der Waals surface area contributed by atoms with Gasteiger partial charge in [-0.1, -0.05) is 35.8 Å². The van der Waals surface area contributed by atoms with Gasteiger partial charge in [0.15, 0.2) is 5.17 Å². The van der Waals surface area contributed by atoms with E-state index in [2.05, 4.69) is 5.16 Å². The number of oxime groups is 1. The summed E-state index contributed by atoms with van der Waals surface area (Å²) >= 11 is 5.68. The van der Waals surface area contributed by atoms with Gasteiger partial charge in [0.1, 0.15) is 6.17 Å². The zero-order valence-electron chi connectivity index (χ0n) is 10.3. The lowest BCUT2D eigenvalue weighted by molar-refractivity contribution is -0.0112. The number of halogens is 2. The molecule has 1 heterocycles. The fraction of sp³-hybridized carbons (Fsp3) is 0.545. The van der Waals surface area contributed by atoms with Crippen molar-refractivity contribution in [2.24, 2.45) is 10.6 Å². The highest BCUT2D eigenvalue weighted by molar-refractivity contribution is 6.69. The molecule has 2 unspecified atom stereocenters. The molecule has 1 saturated heterocycles. The maximum absolute atomic E-state index is 14.7. The molecule has 2 atom stereocenters. The summed E-state index contributed by atoms with van der Waals surface area (Å²) in [4.78, 5) is 0. The molecular weight excluding hydrogens is 259 g/mol. The van der Waals surface area contributed by atoms with Crippen molar-refractivity contribution >= 4 is 23.9 Å². The van der Waals surface area contributed by atoms with Crippen LogP contribution in [0.3, 0.4) is 0 Å². The van der Waals surface area contributed by atoms with Gasteiger partial charge in [0.05, 0.1) is 5.60 Å². The normalized spacial score (nSPS) is 35.1. The molecule has 1 fully saturated rings. The summed E-state index contributed by atoms with van der Waals surface area (Å²) in [6.45, 7) is 5.07. The number of alkyl halides is 1. The molecular formula is C11H14BClFNO3. The maximum atomic E-state index is 14.7. The Bertz CT molecular complexity index is 477. The highest BCUT2D eigenvalue weighted by Crippen LogP contribution is 2.54. The number of nitrogens with zero attached hydrogens (tertiary/aromatic N) is 1. The van der Waals surface area contributed by atoms with E-state index < -0.39 is 24.3 Å². The summed E-state index contributed by atoms with van der Waals surface area (Å²) in [7, 11) is -1.13. The third kappa shape index (κ3) is 1.56. The van der Waals surface area contributed by atoms with Crippen LogP contribution in [0.2, 0.25) is 0 Å². The predicted molar refractivity (Wildman–Crippen MR) is 67.4 cm³/mol. The topological polar surface area (TPSA) is 62.0 Å². The molecule has 4 nitrogen and oxygen atoms in total. The molecule has 0 amide bonds. The van der Waals surface area contributed by atoms with Crippen LogP contribution in [0.1, 0.15) is 20.8 Å². The Hall–Kier alpha value is -0.845. The number of hydrogen-bond acceptors (Lipinski definition) is 4. The summed E-state index contributed by atoms with van der Waals surface area (Å²) < 4.78 is 20.1. The van der Waals surface area contributed by atoms with Crippen LogP contribution >= 0.6 is 11.6 Å². The molecule has 0 spiro atoms. The second kappa shape index (κ2) is 4.08. The standard InChI is InChI=1S/C11H14BClFNO3/c1-10(2)11(3)7(12(16)18-10)5-4-6(8(11)14)9(13)15-17/h4-5,8,16-17H,1-3H3/b15-9+. The lowest BCUT2D eigenvalue weighted by atomic mass is 9.57. The SMILES string of the molecule is CC1(C)OB(O)C2=CC=C(/C(Cl)=N\O)C(F)C21C. The van der Waals surface area contributed by atoms with Crippen molar-refractivity contribution in [3.8, 4) is 0 Å². The molecule has 2 rings (SSSR count). The molecule has 0 bridgehead atoms. The Kier molecular flexibility index (Phi) is 3.08. The van der Waals surface area contributed by atoms with E-state index >= 15 is 0 Å². The average molecular weight is 274 g/mol. The van der Waals surface area contributed by atoms with E-state index in [4.69, 9.17) is 21.5 Å². The first-order valence-electron chi connectivity index (χ1n) is 5.56. The first kappa shape index (κ1) is 13.6. The first-order chi connectivity index (χ1) is 8.25. The zero-order valence-corrected chi connectivity index (χ0v) is 11.1. The molecule has 0 radical (unpaired) electrons. The van der Waals surface area contributed by atoms with Crippen LogP contribution < -0.4 is 0 Å². The average Bonchev–Trinajstić information content (AvgIpc) is 2.47. The number of rotatable bonds is 1. The summed E-state index contributed by atoms with van der Waals surface area (Å²) in [5.41, 5.74) is -1.41. The molecule has 2 N–H and O–H groups in total. The van der Waals surface area contributed by atoms with Gasteiger partial charge in [0.2, 0.25) is 0 Å². The number of hydrogen-bond donors (Lipinski definition) is 2. The fourth-order valence-electron chi connectivity index (χ4n) is 2.58. The van der Waals surface area contributed by atoms with Gasteiger partial charge >= 0.3 is 7.12 Å². The Labute approximate surface area is 110 Å². The van der Waals surface area contributed by atoms with E-state index in [0.29, 0.717) is 5.47 Å². The van der Waals surface area contributed by atoms with E-state index in [-0.39, 0.29) is 10.7 Å². The molecule has 2 aliphatic rings. The smallest absolute Gasteiger partial charge is 0.423 e. The van der Waals surface area contributed by atoms with E-state index in [1.165, 1.54) is 6.08 Å². The van der Waals surface area contributed by atoms with E-state index in [0.717, 1.165) is 0 Å². The van der Waals surface area contributed by atoms with Gasteiger partial charge in [-0.2, -0.15) is 0 Å². The van der Waals surface area contributed by atoms with Crippen LogP contribution in [0.4, 0.5) is 4.39 Å². The Balaban J connectivity index is 2.56. The van der Waals surface area contributed by atoms with E-state index in [1.54, 1.807) is 26.8 Å². The van der Waals surface area contributed by atoms with Gasteiger partial charge in [0.25, 0.3) is 0 Å². The predicted octanol–water partition coefficient (Wildman–Crippen LogP) is 2.05. The Morgan fingerprint density at radius 1 is 1.50 bits per heavy atom. The van der Waals surface area contributed by atoms with Crippen LogP contribution in [0, 0.1) is 5.41 Å². The molecule has 7 heteroatoms. The third-order valence-corrected chi connectivity index (χ3v) is 4.36. The lowest BCUT2D eigenvalue weighted by Crippen LogP contribution is -2.47. The number of allylic oxidation sites excluding steroid dienone is 3. The van der Waals surface area contributed by atoms with Gasteiger partial charge < -0.3 is 14.9 Å². The second-order valence-corrected chi connectivity index (χ2v) is 5.54. The highest BCUT2D eigenvalue weighted by Gasteiger charge is 2.62. The van der Waals surface area contributed by atoms with Crippen molar-refractivity contribution in [1.29, 1.82) is 0 Å². The fourth-order valence-corrected chi connectivity index (χ4v) is 2.74. The van der Waals surface area contributed by atoms with Crippen molar-refractivity contribution in [3.63, 3.8) is 0 Å². The van der Waals surface area contributed by atoms with Gasteiger partial charge in [-0.05, 0) is 19.3 Å². The van der Waals surface area contributed by atoms with E-state index in [9.17, 15) is 9.41 Å². The van der Waals surface area contributed by atoms with Gasteiger partial charge in [0, 0.05) is 11.0 Å². The highest BCUT2D eigenvalue weighted by atomic mass is 35.5. The third-order valence-electron chi connectivity index (χ3n) is 4.07. The number of fused-ring (bicyclic) bond motifs is 1. The monoisotopic (exact) mass is 273 g/mol. The molecule has 18 heavy (non-hydrogen) atoms. The second-order valence-electron chi connectivity index (χ2n) is 5.18. The molecule has 1 aliphatic heterocycles. The van der Waals surface area contributed by atoms with Crippen LogP contribution in [-0.4, -0.2) is 34.3 Å². The van der Waals surface area contributed by atoms with Crippen LogP contribution in [0.25, 0.3) is 0 Å². The largest absolute Gasteiger partial charge is 0.488 e. The summed E-state index contributed by atoms with van der Waals surface area (Å²) in [5.74, 6) is 0. The molecule has 0 saturated carbocycles. The minimum Gasteiger partial charge on any atom is -0.423 e. The minimum atomic E-state index is -1.52. The molecule has 0 aromatic rings. The summed E-state index contributed by atoms with van der Waals surface area (Å²) in [6, 6.07) is 0. The Morgan fingerprint density at radius 3 is 2.67 bits per heavy atom. The van der Waals surface area contributed by atoms with Gasteiger partial charge in [-0.25, -0.2) is 4.39 Å². The van der Waals surface area contributed by atoms with Crippen molar-refractivity contribution in [1.82, 2.24) is 0 Å². The van der Waals surface area contributed by atoms with E-state index in [1.807, 2.05) is 0 Å². The van der Waals surface area contributed by atoms with Crippen molar-refractivity contribution in [3.05, 3.63) is 23.2 Å². The zero-order chi connectivity index (χ0) is 13.7. The van der Waals surface area contributed by atoms with Crippen molar-refractivity contribution in [2.45, 2.75) is 32.5 Å². The van der Waals surface area contributed by atoms with Crippen LogP contribution in [0.5, 0.6) is 0 Å².